The Morgan fingerprint density at radius 3 is 1.27 bits per heavy atom. The molecule has 15 atom stereocenters. The number of aliphatic hydroxyl groups is 1. The minimum Gasteiger partial charge on any atom is -0.508 e. The largest absolute Gasteiger partial charge is 0.508 e. The monoisotopic (exact) mass is 2040 g/mol. The van der Waals surface area contributed by atoms with E-state index >= 15 is 38.4 Å². The van der Waals surface area contributed by atoms with E-state index < -0.39 is 248 Å². The van der Waals surface area contributed by atoms with Crippen molar-refractivity contribution in [3.05, 3.63) is 258 Å². The molecule has 11 aromatic rings. The molecular formula is C103H115N23O23. The van der Waals surface area contributed by atoms with Crippen LogP contribution in [0.25, 0.3) is 32.7 Å². The first-order valence-corrected chi connectivity index (χ1v) is 47.9. The Balaban J connectivity index is 0.776. The fourth-order valence-electron chi connectivity index (χ4n) is 17.6. The first-order valence-electron chi connectivity index (χ1n) is 47.9. The number of aromatic nitrogens is 5. The molecule has 0 radical (unpaired) electrons. The van der Waals surface area contributed by atoms with Crippen LogP contribution in [0.15, 0.2) is 213 Å². The molecule has 18 amide bonds. The van der Waals surface area contributed by atoms with Crippen molar-refractivity contribution in [3.8, 4) is 11.5 Å². The number of amides is 18. The SMILES string of the molecule is C[C@@H]1NC(=O)[C@@H]([C@@H](C)O)NC(=O)CNC(=O)[C@@H](Cc2cnc[nH]2)NC(=O)[C@H](Cc2c[nH]c3ccccc23)NC(=O)[C@@H](CC(N)=O)NC(=O)CNC(=O)[C@H](CC(=O)N[C@@H](Cc2c[nH]c3ccccc23)C(=O)N[C@@H](Cc2ccccc2)C(=O)N[C@@H](Cc2ccccc2)C(=O)N[C@@H](CC(N)=O)C(=O)N[C@@H](Cc2ccc(O)cc2)C(=O)N[C@@H](Cc2ccc(O)cc2)C(=O)N[C@@H](Cc2c[nH]c3ccccc23)C(=O)O)NC(=O)[C@H]2CCCN2C1=O. The number of carbonyl (C=O) groups is 19. The summed E-state index contributed by atoms with van der Waals surface area (Å²) in [4.78, 5) is 294. The number of carboxylic acid groups (broad SMARTS) is 1. The minimum absolute atomic E-state index is 0.107. The van der Waals surface area contributed by atoms with Gasteiger partial charge in [-0.1, -0.05) is 140 Å². The van der Waals surface area contributed by atoms with Crippen molar-refractivity contribution in [1.82, 2.24) is 110 Å². The summed E-state index contributed by atoms with van der Waals surface area (Å²) in [6.07, 6.45) is -0.175. The number of primary amides is 2. The number of aromatic amines is 4. The van der Waals surface area contributed by atoms with E-state index in [1.165, 1.54) is 74.2 Å². The molecule has 0 saturated carbocycles. The number of hydrogen-bond donors (Lipinski definition) is 25. The first kappa shape index (κ1) is 108. The number of imidazole rings is 1. The van der Waals surface area contributed by atoms with E-state index in [4.69, 9.17) is 11.5 Å². The Morgan fingerprint density at radius 2 is 0.805 bits per heavy atom. The van der Waals surface area contributed by atoms with Crippen LogP contribution in [0.1, 0.15) is 90.6 Å². The summed E-state index contributed by atoms with van der Waals surface area (Å²) in [6.45, 7) is 0.240. The third kappa shape index (κ3) is 30.3. The quantitative estimate of drug-likeness (QED) is 0.0194. The Morgan fingerprint density at radius 1 is 0.409 bits per heavy atom. The summed E-state index contributed by atoms with van der Waals surface area (Å²) >= 11 is 0. The Kier molecular flexibility index (Phi) is 36.9. The molecular weight excluding hydrogens is 1930 g/mol. The molecule has 46 nitrogen and oxygen atoms in total. The van der Waals surface area contributed by atoms with E-state index in [1.54, 1.807) is 146 Å². The maximum absolute atomic E-state index is 15.8. The maximum atomic E-state index is 15.8. The van der Waals surface area contributed by atoms with E-state index in [9.17, 15) is 73.2 Å². The number of para-hydroxylation sites is 3. The van der Waals surface area contributed by atoms with Crippen LogP contribution in [0.4, 0.5) is 0 Å². The summed E-state index contributed by atoms with van der Waals surface area (Å²) in [7, 11) is 0. The van der Waals surface area contributed by atoms with Gasteiger partial charge in [-0.2, -0.15) is 0 Å². The molecule has 7 aromatic carbocycles. The number of phenolic OH excluding ortho intramolecular Hbond substituents is 2. The van der Waals surface area contributed by atoms with E-state index in [2.05, 4.69) is 105 Å². The predicted molar refractivity (Wildman–Crippen MR) is 535 cm³/mol. The number of hydrogen-bond acceptors (Lipinski definition) is 23. The van der Waals surface area contributed by atoms with Crippen LogP contribution in [-0.2, 0) is 142 Å². The second-order valence-corrected chi connectivity index (χ2v) is 36.4. The van der Waals surface area contributed by atoms with Gasteiger partial charge in [0.05, 0.1) is 44.8 Å². The fraction of sp³-hybridized carbons (Fsp3) is 0.320. The molecule has 46 heteroatoms. The Hall–Kier alpha value is -18.1. The smallest absolute Gasteiger partial charge is 0.326 e. The molecule has 2 saturated heterocycles. The number of benzene rings is 7. The van der Waals surface area contributed by atoms with Crippen molar-refractivity contribution in [2.45, 2.75) is 188 Å². The molecule has 0 unspecified atom stereocenters. The maximum Gasteiger partial charge on any atom is 0.326 e. The van der Waals surface area contributed by atoms with E-state index in [0.29, 0.717) is 77.3 Å². The van der Waals surface area contributed by atoms with Crippen LogP contribution in [0.5, 0.6) is 11.5 Å². The summed E-state index contributed by atoms with van der Waals surface area (Å²) < 4.78 is 0. The summed E-state index contributed by atoms with van der Waals surface area (Å²) in [5.74, 6) is -21.9. The van der Waals surface area contributed by atoms with Gasteiger partial charge in [0, 0.05) is 121 Å². The number of fused-ring (bicyclic) bond motifs is 4. The van der Waals surface area contributed by atoms with Crippen molar-refractivity contribution in [1.29, 1.82) is 0 Å². The number of aliphatic carboxylic acids is 1. The number of aliphatic hydroxyl groups excluding tert-OH is 1. The van der Waals surface area contributed by atoms with Gasteiger partial charge in [0.2, 0.25) is 106 Å². The highest BCUT2D eigenvalue weighted by Crippen LogP contribution is 2.27. The normalized spacial score (nSPS) is 19.0. The highest BCUT2D eigenvalue weighted by atomic mass is 16.4. The molecule has 2 aliphatic heterocycles. The standard InChI is InChI=1S/C103H115N23O23/c1-54-102(147)126-35-15-26-83(126)100(145)123-81(91(136)110-51-87(133)115-79(44-84(104)130)98(143)120-77(41-61-48-108-70-24-13-10-21-67(61)70)97(142)121-78(43-63-50-106-53-112-63)90(135)111-52-88(134)125-89(55(2)127)101(146)113-54)46-86(132)114-76(40-60-47-107-69-23-12-9-20-66(60)69)96(141)118-72(36-56-16-5-3-6-17-56)92(137)116-73(37-57-18-7-4-8-19-57)94(139)122-80(45-85(105)131)99(144)119-74(38-58-27-31-64(128)32-28-58)93(138)117-75(39-59-29-33-65(129)34-30-59)95(140)124-82(103(148)149)42-62-49-109-71-25-14-11-22-68(62)71/h3-14,16-25,27-34,47-50,53-55,72-83,89,107-109,127-129H,15,26,35-46,51-52H2,1-2H3,(H2,104,130)(H2,105,131)(H,106,112)(H,110,136)(H,111,135)(H,113,146)(H,114,132)(H,115,133)(H,116,137)(H,117,138)(H,118,141)(H,119,144)(H,120,143)(H,121,142)(H,122,139)(H,123,145)(H,124,140)(H,125,134)(H,148,149)/t54-,55+,72-,73-,74-,75-,76-,77-,78+,79+,80-,81-,82-,83+,89+/m0/s1. The second-order valence-electron chi connectivity index (χ2n) is 36.4. The number of nitrogens with zero attached hydrogens (tertiary/aromatic N) is 2. The summed E-state index contributed by atoms with van der Waals surface area (Å²) in [6, 6.07) is 23.5. The molecule has 149 heavy (non-hydrogen) atoms. The van der Waals surface area contributed by atoms with Gasteiger partial charge in [0.1, 0.15) is 96.1 Å². The summed E-state index contributed by atoms with van der Waals surface area (Å²) in [5, 5.41) is 81.7. The van der Waals surface area contributed by atoms with Gasteiger partial charge < -0.3 is 136 Å². The zero-order valence-electron chi connectivity index (χ0n) is 80.8. The van der Waals surface area contributed by atoms with Crippen LogP contribution in [0.2, 0.25) is 0 Å². The predicted octanol–water partition coefficient (Wildman–Crippen LogP) is -2.33. The minimum atomic E-state index is -2.10. The highest BCUT2D eigenvalue weighted by molar-refractivity contribution is 6.04. The molecule has 4 aromatic heterocycles. The van der Waals surface area contributed by atoms with Crippen LogP contribution in [0.3, 0.4) is 0 Å². The van der Waals surface area contributed by atoms with Crippen LogP contribution in [-0.4, -0.2) is 273 Å². The number of rotatable bonds is 37. The van der Waals surface area contributed by atoms with Crippen molar-refractivity contribution >= 4 is 145 Å². The first-order chi connectivity index (χ1) is 71.4. The fourth-order valence-corrected chi connectivity index (χ4v) is 17.6. The Bertz CT molecular complexity index is 6740. The van der Waals surface area contributed by atoms with Gasteiger partial charge >= 0.3 is 5.97 Å². The third-order valence-corrected chi connectivity index (χ3v) is 25.3. The number of carbonyl (C=O) groups excluding carboxylic acids is 18. The van der Waals surface area contributed by atoms with Crippen LogP contribution < -0.4 is 91.2 Å². The van der Waals surface area contributed by atoms with E-state index in [1.807, 2.05) is 0 Å². The number of nitrogens with one attached hydrogen (secondary N) is 19. The lowest BCUT2D eigenvalue weighted by molar-refractivity contribution is -0.142. The van der Waals surface area contributed by atoms with E-state index in [0.717, 1.165) is 11.8 Å². The van der Waals surface area contributed by atoms with Gasteiger partial charge in [-0.15, -0.1) is 0 Å². The van der Waals surface area contributed by atoms with Gasteiger partial charge in [0.25, 0.3) is 0 Å². The lowest BCUT2D eigenvalue weighted by Gasteiger charge is -2.30. The molecule has 2 fully saturated rings. The zero-order chi connectivity index (χ0) is 107. The molecule has 0 aliphatic carbocycles. The molecule has 0 bridgehead atoms. The topological polar surface area (TPSA) is 717 Å². The average molecular weight is 2040 g/mol. The number of phenols is 2. The molecule has 13 rings (SSSR count). The lowest BCUT2D eigenvalue weighted by atomic mass is 10.00. The van der Waals surface area contributed by atoms with Crippen LogP contribution in [0, 0.1) is 0 Å². The highest BCUT2D eigenvalue weighted by Gasteiger charge is 2.43. The molecule has 780 valence electrons. The number of carboxylic acids is 1. The second kappa shape index (κ2) is 50.9. The lowest BCUT2D eigenvalue weighted by Crippen LogP contribution is -2.61. The molecule has 6 heterocycles. The van der Waals surface area contributed by atoms with Crippen LogP contribution >= 0.6 is 0 Å². The number of nitrogens with two attached hydrogens (primary N) is 2. The van der Waals surface area contributed by atoms with Gasteiger partial charge in [-0.3, -0.25) is 86.3 Å². The summed E-state index contributed by atoms with van der Waals surface area (Å²) in [5.41, 5.74) is 16.5. The van der Waals surface area contributed by atoms with Gasteiger partial charge in [0.15, 0.2) is 0 Å². The Labute approximate surface area is 850 Å². The third-order valence-electron chi connectivity index (χ3n) is 25.3. The van der Waals surface area contributed by atoms with Crippen molar-refractivity contribution in [3.63, 3.8) is 0 Å². The van der Waals surface area contributed by atoms with E-state index in [-0.39, 0.29) is 69.4 Å². The van der Waals surface area contributed by atoms with Crippen molar-refractivity contribution < 1.29 is 112 Å². The van der Waals surface area contributed by atoms with Gasteiger partial charge in [-0.25, -0.2) is 9.78 Å². The van der Waals surface area contributed by atoms with Crippen molar-refractivity contribution in [2.75, 3.05) is 19.6 Å². The van der Waals surface area contributed by atoms with Gasteiger partial charge in [-0.05, 0) is 108 Å². The number of aromatic hydroxyl groups is 2. The van der Waals surface area contributed by atoms with Crippen molar-refractivity contribution in [2.24, 2.45) is 11.5 Å². The molecule has 27 N–H and O–H groups in total. The molecule has 2 aliphatic rings. The average Bonchev–Trinajstić information content (AvgIpc) is 1.68. The number of H-pyrrole nitrogens is 4. The molecule has 0 spiro atoms. The zero-order valence-corrected chi connectivity index (χ0v) is 80.8.